The summed E-state index contributed by atoms with van der Waals surface area (Å²) in [6, 6.07) is 8.94. The number of carbonyl (C=O) groups is 1. The Hall–Kier alpha value is -2.25. The Kier molecular flexibility index (Phi) is 4.62. The topological polar surface area (TPSA) is 55.6 Å². The first kappa shape index (κ1) is 17.6. The number of benzene rings is 2. The Morgan fingerprint density at radius 2 is 1.84 bits per heavy atom. The van der Waals surface area contributed by atoms with Gasteiger partial charge in [-0.1, -0.05) is 29.8 Å². The lowest BCUT2D eigenvalue weighted by molar-refractivity contribution is -0.274. The molecule has 1 aliphatic heterocycles. The predicted molar refractivity (Wildman–Crippen MR) is 86.0 cm³/mol. The van der Waals surface area contributed by atoms with Crippen molar-refractivity contribution in [2.75, 3.05) is 0 Å². The monoisotopic (exact) mass is 370 g/mol. The Balaban J connectivity index is 1.74. The first-order chi connectivity index (χ1) is 11.8. The van der Waals surface area contributed by atoms with Gasteiger partial charge in [0.25, 0.3) is 5.91 Å². The molecule has 4 nitrogen and oxygen atoms in total. The van der Waals surface area contributed by atoms with Crippen molar-refractivity contribution in [2.45, 2.75) is 26.0 Å². The van der Waals surface area contributed by atoms with E-state index in [9.17, 15) is 18.0 Å². The van der Waals surface area contributed by atoms with Gasteiger partial charge >= 0.3 is 6.36 Å². The van der Waals surface area contributed by atoms with Gasteiger partial charge in [0.05, 0.1) is 10.6 Å². The van der Waals surface area contributed by atoms with Crippen LogP contribution in [-0.2, 0) is 19.6 Å². The highest BCUT2D eigenvalue weighted by molar-refractivity contribution is 6.34. The maximum absolute atomic E-state index is 12.5. The standard InChI is InChI=1S/C17H14ClF3N2O2/c18-14-6-11(7-22)5-12-9-23(16(24)15(12)14)8-10-1-3-13(4-2-10)25-17(19,20)21/h1-6H,7-9,22H2. The molecule has 1 amide bonds. The van der Waals surface area contributed by atoms with E-state index in [0.717, 1.165) is 11.1 Å². The molecule has 0 spiro atoms. The molecule has 2 aromatic rings. The number of halogens is 4. The average Bonchev–Trinajstić information content (AvgIpc) is 2.84. The molecule has 0 aliphatic carbocycles. The van der Waals surface area contributed by atoms with E-state index in [0.29, 0.717) is 29.2 Å². The number of amides is 1. The van der Waals surface area contributed by atoms with Crippen LogP contribution in [0.2, 0.25) is 5.02 Å². The summed E-state index contributed by atoms with van der Waals surface area (Å²) in [5.41, 5.74) is 8.40. The predicted octanol–water partition coefficient (Wildman–Crippen LogP) is 3.85. The van der Waals surface area contributed by atoms with E-state index in [4.69, 9.17) is 17.3 Å². The fourth-order valence-corrected chi connectivity index (χ4v) is 3.13. The number of nitrogens with zero attached hydrogens (tertiary/aromatic N) is 1. The van der Waals surface area contributed by atoms with Gasteiger partial charge in [0, 0.05) is 19.6 Å². The van der Waals surface area contributed by atoms with Crippen LogP contribution in [0.5, 0.6) is 5.75 Å². The van der Waals surface area contributed by atoms with E-state index < -0.39 is 6.36 Å². The van der Waals surface area contributed by atoms with Crippen molar-refractivity contribution in [1.82, 2.24) is 4.90 Å². The van der Waals surface area contributed by atoms with Crippen LogP contribution in [-0.4, -0.2) is 17.2 Å². The summed E-state index contributed by atoms with van der Waals surface area (Å²) >= 11 is 6.17. The molecular formula is C17H14ClF3N2O2. The molecular weight excluding hydrogens is 357 g/mol. The zero-order chi connectivity index (χ0) is 18.2. The number of nitrogens with two attached hydrogens (primary N) is 1. The van der Waals surface area contributed by atoms with Gasteiger partial charge in [-0.2, -0.15) is 0 Å². The molecule has 0 bridgehead atoms. The van der Waals surface area contributed by atoms with E-state index in [1.807, 2.05) is 6.07 Å². The van der Waals surface area contributed by atoms with E-state index in [1.165, 1.54) is 24.3 Å². The summed E-state index contributed by atoms with van der Waals surface area (Å²) in [5.74, 6) is -0.512. The molecule has 0 fully saturated rings. The minimum Gasteiger partial charge on any atom is -0.406 e. The van der Waals surface area contributed by atoms with Crippen LogP contribution < -0.4 is 10.5 Å². The molecule has 0 saturated carbocycles. The van der Waals surface area contributed by atoms with Gasteiger partial charge in [-0.25, -0.2) is 0 Å². The summed E-state index contributed by atoms with van der Waals surface area (Å²) < 4.78 is 40.4. The van der Waals surface area contributed by atoms with Crippen LogP contribution in [0.3, 0.4) is 0 Å². The molecule has 0 aromatic heterocycles. The van der Waals surface area contributed by atoms with Crippen LogP contribution >= 0.6 is 11.6 Å². The molecule has 0 unspecified atom stereocenters. The molecule has 132 valence electrons. The fraction of sp³-hybridized carbons (Fsp3) is 0.235. The molecule has 0 atom stereocenters. The van der Waals surface area contributed by atoms with E-state index >= 15 is 0 Å². The van der Waals surface area contributed by atoms with Crippen molar-refractivity contribution in [3.63, 3.8) is 0 Å². The van der Waals surface area contributed by atoms with E-state index in [2.05, 4.69) is 4.74 Å². The van der Waals surface area contributed by atoms with E-state index in [-0.39, 0.29) is 18.2 Å². The second kappa shape index (κ2) is 6.57. The zero-order valence-electron chi connectivity index (χ0n) is 12.9. The highest BCUT2D eigenvalue weighted by Gasteiger charge is 2.32. The van der Waals surface area contributed by atoms with Crippen molar-refractivity contribution < 1.29 is 22.7 Å². The van der Waals surface area contributed by atoms with E-state index in [1.54, 1.807) is 11.0 Å². The number of fused-ring (bicyclic) bond motifs is 1. The van der Waals surface area contributed by atoms with Crippen molar-refractivity contribution in [1.29, 1.82) is 0 Å². The quantitative estimate of drug-likeness (QED) is 0.889. The highest BCUT2D eigenvalue weighted by Crippen LogP contribution is 2.32. The van der Waals surface area contributed by atoms with Crippen molar-refractivity contribution in [3.05, 3.63) is 63.7 Å². The van der Waals surface area contributed by atoms with Crippen LogP contribution in [0.25, 0.3) is 0 Å². The lowest BCUT2D eigenvalue weighted by Crippen LogP contribution is -2.23. The van der Waals surface area contributed by atoms with Crippen molar-refractivity contribution >= 4 is 17.5 Å². The average molecular weight is 371 g/mol. The lowest BCUT2D eigenvalue weighted by atomic mass is 10.1. The molecule has 8 heteroatoms. The molecule has 1 aliphatic rings. The second-order valence-corrected chi connectivity index (χ2v) is 6.08. The van der Waals surface area contributed by atoms with Gasteiger partial charge in [-0.05, 0) is 34.9 Å². The minimum atomic E-state index is -4.73. The number of rotatable bonds is 4. The fourth-order valence-electron chi connectivity index (χ4n) is 2.79. The van der Waals surface area contributed by atoms with Crippen molar-refractivity contribution in [3.8, 4) is 5.75 Å². The van der Waals surface area contributed by atoms with Crippen LogP contribution in [0.1, 0.15) is 27.0 Å². The molecule has 2 N–H and O–H groups in total. The summed E-state index contributed by atoms with van der Waals surface area (Å²) in [5, 5.41) is 0.361. The first-order valence-electron chi connectivity index (χ1n) is 7.42. The summed E-state index contributed by atoms with van der Waals surface area (Å²) in [6.45, 7) is 0.957. The summed E-state index contributed by atoms with van der Waals surface area (Å²) in [4.78, 5) is 14.1. The zero-order valence-corrected chi connectivity index (χ0v) is 13.7. The van der Waals surface area contributed by atoms with Crippen molar-refractivity contribution in [2.24, 2.45) is 5.73 Å². The Bertz CT molecular complexity index is 807. The van der Waals surface area contributed by atoms with Gasteiger partial charge in [-0.15, -0.1) is 13.2 Å². The van der Waals surface area contributed by atoms with Crippen LogP contribution in [0.15, 0.2) is 36.4 Å². The number of hydrogen-bond acceptors (Lipinski definition) is 3. The van der Waals surface area contributed by atoms with Gasteiger partial charge in [0.1, 0.15) is 5.75 Å². The Morgan fingerprint density at radius 1 is 1.16 bits per heavy atom. The number of ether oxygens (including phenoxy) is 1. The summed E-state index contributed by atoms with van der Waals surface area (Å²) in [6.07, 6.45) is -4.73. The number of alkyl halides is 3. The Labute approximate surface area is 146 Å². The normalized spacial score (nSPS) is 14.0. The third kappa shape index (κ3) is 3.88. The SMILES string of the molecule is NCc1cc(Cl)c2c(c1)CN(Cc1ccc(OC(F)(F)F)cc1)C2=O. The third-order valence-corrected chi connectivity index (χ3v) is 4.16. The van der Waals surface area contributed by atoms with Crippen LogP contribution in [0.4, 0.5) is 13.2 Å². The number of hydrogen-bond donors (Lipinski definition) is 1. The number of carbonyl (C=O) groups excluding carboxylic acids is 1. The maximum Gasteiger partial charge on any atom is 0.573 e. The third-order valence-electron chi connectivity index (χ3n) is 3.86. The van der Waals surface area contributed by atoms with Crippen LogP contribution in [0, 0.1) is 0 Å². The summed E-state index contributed by atoms with van der Waals surface area (Å²) in [7, 11) is 0. The molecule has 3 rings (SSSR count). The largest absolute Gasteiger partial charge is 0.573 e. The van der Waals surface area contributed by atoms with Gasteiger partial charge in [-0.3, -0.25) is 4.79 Å². The first-order valence-corrected chi connectivity index (χ1v) is 7.80. The van der Waals surface area contributed by atoms with Gasteiger partial charge in [0.2, 0.25) is 0 Å². The van der Waals surface area contributed by atoms with Gasteiger partial charge < -0.3 is 15.4 Å². The second-order valence-electron chi connectivity index (χ2n) is 5.67. The highest BCUT2D eigenvalue weighted by atomic mass is 35.5. The lowest BCUT2D eigenvalue weighted by Gasteiger charge is -2.16. The maximum atomic E-state index is 12.5. The Morgan fingerprint density at radius 3 is 2.44 bits per heavy atom. The molecule has 0 radical (unpaired) electrons. The molecule has 25 heavy (non-hydrogen) atoms. The smallest absolute Gasteiger partial charge is 0.406 e. The van der Waals surface area contributed by atoms with Gasteiger partial charge in [0.15, 0.2) is 0 Å². The molecule has 0 saturated heterocycles. The molecule has 2 aromatic carbocycles. The minimum absolute atomic E-state index is 0.209. The molecule has 1 heterocycles.